The van der Waals surface area contributed by atoms with E-state index in [1.165, 1.54) is 14.0 Å². The van der Waals surface area contributed by atoms with Crippen molar-refractivity contribution < 1.29 is 18.0 Å². The van der Waals surface area contributed by atoms with Crippen molar-refractivity contribution in [2.45, 2.75) is 18.6 Å². The van der Waals surface area contributed by atoms with Gasteiger partial charge in [0.05, 0.1) is 6.42 Å². The highest BCUT2D eigenvalue weighted by Crippen LogP contribution is 2.18. The lowest BCUT2D eigenvalue weighted by Gasteiger charge is -2.07. The van der Waals surface area contributed by atoms with E-state index in [2.05, 4.69) is 0 Å². The summed E-state index contributed by atoms with van der Waals surface area (Å²) in [5.41, 5.74) is 0. The Morgan fingerprint density at radius 3 is 2.31 bits per heavy atom. The summed E-state index contributed by atoms with van der Waals surface area (Å²) in [6.45, 7) is 1.46. The van der Waals surface area contributed by atoms with Gasteiger partial charge in [-0.15, -0.1) is 0 Å². The topological polar surface area (TPSA) is 71.5 Å². The van der Waals surface area contributed by atoms with E-state index in [4.69, 9.17) is 0 Å². The van der Waals surface area contributed by atoms with Crippen LogP contribution in [0.1, 0.15) is 13.3 Å². The summed E-state index contributed by atoms with van der Waals surface area (Å²) in [6.07, 6.45) is -0.203. The van der Waals surface area contributed by atoms with E-state index < -0.39 is 26.9 Å². The first-order chi connectivity index (χ1) is 5.90. The summed E-state index contributed by atoms with van der Waals surface area (Å²) < 4.78 is 22.6. The third kappa shape index (κ3) is 1.58. The van der Waals surface area contributed by atoms with Gasteiger partial charge in [-0.25, -0.2) is 8.42 Å². The van der Waals surface area contributed by atoms with Gasteiger partial charge in [-0.2, -0.15) is 0 Å². The molecule has 6 heteroatoms. The maximum Gasteiger partial charge on any atom is 0.247 e. The Balaban J connectivity index is 3.00. The molecule has 0 aliphatic carbocycles. The highest BCUT2D eigenvalue weighted by Gasteiger charge is 2.43. The van der Waals surface area contributed by atoms with E-state index in [0.717, 1.165) is 4.90 Å². The van der Waals surface area contributed by atoms with Crippen LogP contribution in [0, 0.1) is 0 Å². The highest BCUT2D eigenvalue weighted by molar-refractivity contribution is 7.92. The molecule has 0 saturated carbocycles. The molecule has 0 aromatic carbocycles. The Bertz CT molecular complexity index is 346. The monoisotopic (exact) mass is 205 g/mol. The molecular formula is C7H11NO4S. The predicted octanol–water partition coefficient (Wildman–Crippen LogP) is -0.822. The first-order valence-electron chi connectivity index (χ1n) is 3.92. The number of carbonyl (C=O) groups is 2. The zero-order valence-electron chi connectivity index (χ0n) is 7.48. The summed E-state index contributed by atoms with van der Waals surface area (Å²) >= 11 is 0. The number of rotatable bonds is 2. The smallest absolute Gasteiger partial charge is 0.247 e. The first-order valence-corrected chi connectivity index (χ1v) is 5.63. The second-order valence-corrected chi connectivity index (χ2v) is 5.41. The maximum absolute atomic E-state index is 11.3. The summed E-state index contributed by atoms with van der Waals surface area (Å²) in [4.78, 5) is 23.1. The highest BCUT2D eigenvalue weighted by atomic mass is 32.2. The lowest BCUT2D eigenvalue weighted by molar-refractivity contribution is -0.136. The van der Waals surface area contributed by atoms with Crippen LogP contribution < -0.4 is 0 Å². The minimum absolute atomic E-state index is 0.107. The number of nitrogens with zero attached hydrogens (tertiary/aromatic N) is 1. The third-order valence-corrected chi connectivity index (χ3v) is 4.22. The van der Waals surface area contributed by atoms with Gasteiger partial charge in [0.1, 0.15) is 5.25 Å². The quantitative estimate of drug-likeness (QED) is 0.552. The summed E-state index contributed by atoms with van der Waals surface area (Å²) in [6, 6.07) is 0. The standard InChI is InChI=1S/C7H11NO4S/c1-3-13(11,12)5-4-6(9)8(2)7(5)10/h5H,3-4H2,1-2H3. The Hall–Kier alpha value is -0.910. The van der Waals surface area contributed by atoms with Crippen molar-refractivity contribution in [3.8, 4) is 0 Å². The van der Waals surface area contributed by atoms with Crippen LogP contribution in [0.2, 0.25) is 0 Å². The molecule has 1 saturated heterocycles. The fourth-order valence-corrected chi connectivity index (χ4v) is 2.47. The van der Waals surface area contributed by atoms with Crippen molar-refractivity contribution in [2.75, 3.05) is 12.8 Å². The van der Waals surface area contributed by atoms with Gasteiger partial charge in [0.15, 0.2) is 9.84 Å². The number of amides is 2. The van der Waals surface area contributed by atoms with Crippen molar-refractivity contribution in [2.24, 2.45) is 0 Å². The van der Waals surface area contributed by atoms with E-state index in [1.54, 1.807) is 0 Å². The van der Waals surface area contributed by atoms with Crippen molar-refractivity contribution >= 4 is 21.7 Å². The van der Waals surface area contributed by atoms with Gasteiger partial charge >= 0.3 is 0 Å². The Morgan fingerprint density at radius 1 is 1.46 bits per heavy atom. The number of imide groups is 1. The molecule has 74 valence electrons. The normalized spacial score (nSPS) is 24.2. The molecule has 0 spiro atoms. The molecule has 2 amide bonds. The van der Waals surface area contributed by atoms with Crippen LogP contribution in [-0.4, -0.2) is 43.2 Å². The van der Waals surface area contributed by atoms with Crippen molar-refractivity contribution in [1.29, 1.82) is 0 Å². The van der Waals surface area contributed by atoms with Crippen LogP contribution in [-0.2, 0) is 19.4 Å². The van der Waals surface area contributed by atoms with Crippen molar-refractivity contribution in [3.05, 3.63) is 0 Å². The van der Waals surface area contributed by atoms with Crippen molar-refractivity contribution in [1.82, 2.24) is 4.90 Å². The van der Waals surface area contributed by atoms with Crippen LogP contribution in [0.3, 0.4) is 0 Å². The lowest BCUT2D eigenvalue weighted by atomic mass is 10.4. The summed E-state index contributed by atoms with van der Waals surface area (Å²) in [5, 5.41) is -1.14. The second kappa shape index (κ2) is 3.10. The van der Waals surface area contributed by atoms with E-state index in [-0.39, 0.29) is 12.2 Å². The largest absolute Gasteiger partial charge is 0.285 e. The molecule has 1 fully saturated rings. The molecule has 1 aliphatic heterocycles. The number of likely N-dealkylation sites (tertiary alicyclic amines) is 1. The number of hydrogen-bond acceptors (Lipinski definition) is 4. The number of sulfone groups is 1. The minimum Gasteiger partial charge on any atom is -0.285 e. The molecule has 0 aromatic heterocycles. The fraction of sp³-hybridized carbons (Fsp3) is 0.714. The molecule has 5 nitrogen and oxygen atoms in total. The third-order valence-electron chi connectivity index (χ3n) is 2.18. The van der Waals surface area contributed by atoms with E-state index >= 15 is 0 Å². The maximum atomic E-state index is 11.3. The molecule has 1 atom stereocenters. The fourth-order valence-electron chi connectivity index (χ4n) is 1.20. The Labute approximate surface area is 76.6 Å². The summed E-state index contributed by atoms with van der Waals surface area (Å²) in [5.74, 6) is -1.14. The molecule has 0 N–H and O–H groups in total. The zero-order chi connectivity index (χ0) is 10.2. The van der Waals surface area contributed by atoms with Gasteiger partial charge in [0.25, 0.3) is 0 Å². The average Bonchev–Trinajstić information content (AvgIpc) is 2.33. The number of carbonyl (C=O) groups excluding carboxylic acids is 2. The molecule has 0 bridgehead atoms. The molecule has 0 radical (unpaired) electrons. The van der Waals surface area contributed by atoms with Gasteiger partial charge in [-0.3, -0.25) is 14.5 Å². The van der Waals surface area contributed by atoms with Gasteiger partial charge < -0.3 is 0 Å². The van der Waals surface area contributed by atoms with Crippen LogP contribution in [0.25, 0.3) is 0 Å². The predicted molar refractivity (Wildman–Crippen MR) is 45.6 cm³/mol. The second-order valence-electron chi connectivity index (χ2n) is 2.94. The molecule has 0 aromatic rings. The molecule has 1 aliphatic rings. The molecule has 1 heterocycles. The van der Waals surface area contributed by atoms with Crippen LogP contribution in [0.15, 0.2) is 0 Å². The SMILES string of the molecule is CCS(=O)(=O)C1CC(=O)N(C)C1=O. The van der Waals surface area contributed by atoms with Crippen LogP contribution in [0.5, 0.6) is 0 Å². The van der Waals surface area contributed by atoms with E-state index in [1.807, 2.05) is 0 Å². The molecule has 1 rings (SSSR count). The summed E-state index contributed by atoms with van der Waals surface area (Å²) in [7, 11) is -2.12. The van der Waals surface area contributed by atoms with Crippen LogP contribution in [0.4, 0.5) is 0 Å². The number of hydrogen-bond donors (Lipinski definition) is 0. The minimum atomic E-state index is -3.42. The first kappa shape index (κ1) is 10.2. The van der Waals surface area contributed by atoms with E-state index in [9.17, 15) is 18.0 Å². The average molecular weight is 205 g/mol. The zero-order valence-corrected chi connectivity index (χ0v) is 8.30. The van der Waals surface area contributed by atoms with Gasteiger partial charge in [0.2, 0.25) is 11.8 Å². The molecule has 13 heavy (non-hydrogen) atoms. The molecule has 1 unspecified atom stereocenters. The lowest BCUT2D eigenvalue weighted by Crippen LogP contribution is -2.33. The van der Waals surface area contributed by atoms with E-state index in [0.29, 0.717) is 0 Å². The van der Waals surface area contributed by atoms with Gasteiger partial charge in [-0.1, -0.05) is 6.92 Å². The van der Waals surface area contributed by atoms with Crippen LogP contribution >= 0.6 is 0 Å². The Morgan fingerprint density at radius 2 is 2.00 bits per heavy atom. The van der Waals surface area contributed by atoms with Crippen molar-refractivity contribution in [3.63, 3.8) is 0 Å². The van der Waals surface area contributed by atoms with Gasteiger partial charge in [-0.05, 0) is 0 Å². The van der Waals surface area contributed by atoms with Gasteiger partial charge in [0, 0.05) is 12.8 Å². The Kier molecular flexibility index (Phi) is 2.42. The molecular weight excluding hydrogens is 194 g/mol.